The Labute approximate surface area is 152 Å². The van der Waals surface area contributed by atoms with E-state index in [0.29, 0.717) is 11.3 Å². The minimum Gasteiger partial charge on any atom is -0.295 e. The van der Waals surface area contributed by atoms with Crippen LogP contribution in [0.1, 0.15) is 43.7 Å². The molecule has 2 heterocycles. The van der Waals surface area contributed by atoms with Crippen molar-refractivity contribution in [2.75, 3.05) is 5.43 Å². The molecule has 8 heteroatoms. The molecule has 0 bridgehead atoms. The predicted molar refractivity (Wildman–Crippen MR) is 94.3 cm³/mol. The van der Waals surface area contributed by atoms with Crippen molar-refractivity contribution in [3.05, 3.63) is 56.3 Å². The SMILES string of the molecule is CC1=C(Nn2c(-c3cccs3)cc(C(F)(F)F)c(C#N)c2=O)CCCC1. The zero-order valence-corrected chi connectivity index (χ0v) is 14.8. The number of aromatic nitrogens is 1. The average molecular weight is 379 g/mol. The summed E-state index contributed by atoms with van der Waals surface area (Å²) in [5.41, 5.74) is 1.87. The third kappa shape index (κ3) is 3.40. The van der Waals surface area contributed by atoms with Gasteiger partial charge in [0.2, 0.25) is 0 Å². The van der Waals surface area contributed by atoms with Crippen LogP contribution < -0.4 is 11.0 Å². The molecule has 1 aliphatic carbocycles. The highest BCUT2D eigenvalue weighted by Gasteiger charge is 2.37. The number of nitrogens with one attached hydrogen (secondary N) is 1. The van der Waals surface area contributed by atoms with Gasteiger partial charge < -0.3 is 0 Å². The summed E-state index contributed by atoms with van der Waals surface area (Å²) in [4.78, 5) is 13.2. The number of hydrogen-bond donors (Lipinski definition) is 1. The van der Waals surface area contributed by atoms with Gasteiger partial charge in [-0.1, -0.05) is 11.6 Å². The molecule has 0 saturated heterocycles. The minimum atomic E-state index is -4.78. The van der Waals surface area contributed by atoms with Crippen LogP contribution in [0, 0.1) is 11.3 Å². The van der Waals surface area contributed by atoms with E-state index in [1.54, 1.807) is 17.5 Å². The van der Waals surface area contributed by atoms with Crippen LogP contribution in [0.2, 0.25) is 0 Å². The van der Waals surface area contributed by atoms with Crippen molar-refractivity contribution >= 4 is 11.3 Å². The van der Waals surface area contributed by atoms with Crippen LogP contribution in [0.5, 0.6) is 0 Å². The normalized spacial score (nSPS) is 15.0. The topological polar surface area (TPSA) is 57.8 Å². The first-order valence-corrected chi connectivity index (χ1v) is 8.97. The summed E-state index contributed by atoms with van der Waals surface area (Å²) in [6.45, 7) is 1.94. The van der Waals surface area contributed by atoms with Crippen molar-refractivity contribution in [1.29, 1.82) is 5.26 Å². The summed E-state index contributed by atoms with van der Waals surface area (Å²) >= 11 is 1.23. The number of hydrogen-bond acceptors (Lipinski definition) is 4. The van der Waals surface area contributed by atoms with Gasteiger partial charge in [0.1, 0.15) is 11.6 Å². The van der Waals surface area contributed by atoms with Gasteiger partial charge in [0.05, 0.1) is 16.1 Å². The van der Waals surface area contributed by atoms with E-state index in [1.807, 2.05) is 6.92 Å². The molecule has 0 saturated carbocycles. The number of nitriles is 1. The highest BCUT2D eigenvalue weighted by molar-refractivity contribution is 7.13. The van der Waals surface area contributed by atoms with E-state index >= 15 is 0 Å². The highest BCUT2D eigenvalue weighted by Crippen LogP contribution is 2.34. The average Bonchev–Trinajstić information content (AvgIpc) is 3.11. The second kappa shape index (κ2) is 7.00. The van der Waals surface area contributed by atoms with Gasteiger partial charge >= 0.3 is 6.18 Å². The van der Waals surface area contributed by atoms with Gasteiger partial charge in [-0.3, -0.25) is 10.2 Å². The fourth-order valence-corrected chi connectivity index (χ4v) is 3.73. The van der Waals surface area contributed by atoms with Crippen molar-refractivity contribution in [1.82, 2.24) is 4.68 Å². The second-order valence-electron chi connectivity index (χ2n) is 6.12. The van der Waals surface area contributed by atoms with Gasteiger partial charge in [-0.25, -0.2) is 4.68 Å². The molecule has 2 aromatic heterocycles. The predicted octanol–water partition coefficient (Wildman–Crippen LogP) is 4.86. The first-order valence-electron chi connectivity index (χ1n) is 8.10. The number of rotatable bonds is 3. The Hall–Kier alpha value is -2.53. The standard InChI is InChI=1S/C18H16F3N3OS/c1-11-5-2-3-6-14(11)23-24-15(16-7-4-8-26-16)9-13(18(19,20)21)12(10-22)17(24)25/h4,7-9,23H,2-3,5-6H2,1H3. The maximum absolute atomic E-state index is 13.4. The Morgan fingerprint density at radius 3 is 2.62 bits per heavy atom. The lowest BCUT2D eigenvalue weighted by atomic mass is 9.98. The third-order valence-corrected chi connectivity index (χ3v) is 5.28. The number of halogens is 3. The minimum absolute atomic E-state index is 0.0993. The van der Waals surface area contributed by atoms with Crippen molar-refractivity contribution in [3.8, 4) is 16.6 Å². The smallest absolute Gasteiger partial charge is 0.295 e. The first kappa shape index (κ1) is 18.3. The van der Waals surface area contributed by atoms with Crippen molar-refractivity contribution in [3.63, 3.8) is 0 Å². The zero-order valence-electron chi connectivity index (χ0n) is 14.0. The Morgan fingerprint density at radius 1 is 1.31 bits per heavy atom. The van der Waals surface area contributed by atoms with Crippen LogP contribution in [0.25, 0.3) is 10.6 Å². The molecule has 4 nitrogen and oxygen atoms in total. The molecular formula is C18H16F3N3OS. The lowest BCUT2D eigenvalue weighted by molar-refractivity contribution is -0.137. The van der Waals surface area contributed by atoms with Gasteiger partial charge in [0, 0.05) is 5.70 Å². The fraction of sp³-hybridized carbons (Fsp3) is 0.333. The highest BCUT2D eigenvalue weighted by atomic mass is 32.1. The fourth-order valence-electron chi connectivity index (χ4n) is 3.00. The maximum Gasteiger partial charge on any atom is 0.417 e. The van der Waals surface area contributed by atoms with Crippen LogP contribution in [-0.2, 0) is 6.18 Å². The van der Waals surface area contributed by atoms with Crippen LogP contribution in [0.3, 0.4) is 0 Å². The number of pyridine rings is 1. The molecule has 3 rings (SSSR count). The lowest BCUT2D eigenvalue weighted by Crippen LogP contribution is -2.34. The molecule has 0 radical (unpaired) electrons. The zero-order chi connectivity index (χ0) is 18.9. The van der Waals surface area contributed by atoms with E-state index < -0.39 is 22.9 Å². The van der Waals surface area contributed by atoms with E-state index in [9.17, 15) is 18.0 Å². The molecule has 0 aliphatic heterocycles. The Balaban J connectivity index is 2.25. The molecule has 1 aliphatic rings. The molecule has 0 amide bonds. The summed E-state index contributed by atoms with van der Waals surface area (Å²) in [6, 6.07) is 5.64. The number of alkyl halides is 3. The van der Waals surface area contributed by atoms with E-state index in [1.165, 1.54) is 17.4 Å². The molecule has 0 atom stereocenters. The van der Waals surface area contributed by atoms with Gasteiger partial charge in [-0.2, -0.15) is 18.4 Å². The van der Waals surface area contributed by atoms with E-state index in [4.69, 9.17) is 5.26 Å². The summed E-state index contributed by atoms with van der Waals surface area (Å²) in [6.07, 6.45) is -1.22. The number of allylic oxidation sites excluding steroid dienone is 2. The van der Waals surface area contributed by atoms with Gasteiger partial charge in [0.25, 0.3) is 5.56 Å². The van der Waals surface area contributed by atoms with Crippen molar-refractivity contribution < 1.29 is 13.2 Å². The molecule has 0 unspecified atom stereocenters. The van der Waals surface area contributed by atoms with Gasteiger partial charge in [-0.05, 0) is 50.1 Å². The molecule has 0 fully saturated rings. The molecule has 0 spiro atoms. The maximum atomic E-state index is 13.4. The number of nitrogens with zero attached hydrogens (tertiary/aromatic N) is 2. The van der Waals surface area contributed by atoms with Crippen LogP contribution >= 0.6 is 11.3 Å². The summed E-state index contributed by atoms with van der Waals surface area (Å²) < 4.78 is 41.2. The van der Waals surface area contributed by atoms with Crippen LogP contribution in [-0.4, -0.2) is 4.68 Å². The Kier molecular flexibility index (Phi) is 4.92. The second-order valence-corrected chi connectivity index (χ2v) is 7.07. The molecule has 2 aromatic rings. The lowest BCUT2D eigenvalue weighted by Gasteiger charge is -2.23. The van der Waals surface area contributed by atoms with Gasteiger partial charge in [0.15, 0.2) is 0 Å². The van der Waals surface area contributed by atoms with Crippen LogP contribution in [0.15, 0.2) is 39.6 Å². The van der Waals surface area contributed by atoms with Crippen molar-refractivity contribution in [2.24, 2.45) is 0 Å². The van der Waals surface area contributed by atoms with Crippen molar-refractivity contribution in [2.45, 2.75) is 38.8 Å². The summed E-state index contributed by atoms with van der Waals surface area (Å²) in [7, 11) is 0. The quantitative estimate of drug-likeness (QED) is 0.829. The molecule has 136 valence electrons. The van der Waals surface area contributed by atoms with E-state index in [2.05, 4.69) is 5.43 Å². The molecular weight excluding hydrogens is 363 g/mol. The molecule has 0 aromatic carbocycles. The van der Waals surface area contributed by atoms with Gasteiger partial charge in [-0.15, -0.1) is 11.3 Å². The first-order chi connectivity index (χ1) is 12.3. The Morgan fingerprint density at radius 2 is 2.04 bits per heavy atom. The summed E-state index contributed by atoms with van der Waals surface area (Å²) in [5, 5.41) is 10.9. The van der Waals surface area contributed by atoms with E-state index in [-0.39, 0.29) is 5.69 Å². The number of thiophene rings is 1. The Bertz CT molecular complexity index is 950. The molecule has 1 N–H and O–H groups in total. The van der Waals surface area contributed by atoms with E-state index in [0.717, 1.165) is 41.3 Å². The molecule has 26 heavy (non-hydrogen) atoms. The monoisotopic (exact) mass is 379 g/mol. The summed E-state index contributed by atoms with van der Waals surface area (Å²) in [5.74, 6) is 0. The largest absolute Gasteiger partial charge is 0.417 e. The third-order valence-electron chi connectivity index (χ3n) is 4.39. The van der Waals surface area contributed by atoms with Crippen LogP contribution in [0.4, 0.5) is 13.2 Å².